The first kappa shape index (κ1) is 25.1. The lowest BCUT2D eigenvalue weighted by Crippen LogP contribution is -2.30. The topological polar surface area (TPSA) is 53.5 Å². The minimum absolute atomic E-state index is 0.0791. The van der Waals surface area contributed by atoms with Crippen LogP contribution in [0.1, 0.15) is 96.5 Å². The lowest BCUT2D eigenvalue weighted by atomic mass is 10.1. The van der Waals surface area contributed by atoms with Crippen LogP contribution in [0.4, 0.5) is 11.6 Å². The van der Waals surface area contributed by atoms with Gasteiger partial charge in [-0.3, -0.25) is 19.4 Å². The number of aromatic nitrogens is 1. The zero-order valence-electron chi connectivity index (χ0n) is 19.3. The van der Waals surface area contributed by atoms with E-state index in [2.05, 4.69) is 18.8 Å². The molecule has 0 saturated carbocycles. The average Bonchev–Trinajstić information content (AvgIpc) is 2.71. The van der Waals surface area contributed by atoms with Gasteiger partial charge in [-0.25, -0.2) is 4.98 Å². The second-order valence-corrected chi connectivity index (χ2v) is 8.09. The van der Waals surface area contributed by atoms with E-state index in [0.29, 0.717) is 24.5 Å². The third-order valence-electron chi connectivity index (χ3n) is 5.37. The van der Waals surface area contributed by atoms with Gasteiger partial charge >= 0.3 is 0 Å². The number of unbranched alkanes of at least 4 members (excludes halogenated alkanes) is 8. The lowest BCUT2D eigenvalue weighted by Gasteiger charge is -2.21. The first-order valence-corrected chi connectivity index (χ1v) is 11.4. The van der Waals surface area contributed by atoms with Gasteiger partial charge in [0.1, 0.15) is 11.6 Å². The number of aryl methyl sites for hydroxylation is 1. The number of rotatable bonds is 14. The van der Waals surface area contributed by atoms with E-state index >= 15 is 0 Å². The Morgan fingerprint density at radius 1 is 0.724 bits per heavy atom. The van der Waals surface area contributed by atoms with Crippen LogP contribution in [0.25, 0.3) is 0 Å². The maximum absolute atomic E-state index is 12.5. The Balaban J connectivity index is 2.65. The molecule has 1 rings (SSSR count). The molecule has 164 valence electrons. The number of pyridine rings is 1. The fourth-order valence-electron chi connectivity index (χ4n) is 3.32. The summed E-state index contributed by atoms with van der Waals surface area (Å²) in [6.07, 6.45) is 12.3. The average molecular weight is 404 g/mol. The van der Waals surface area contributed by atoms with Crippen LogP contribution >= 0.6 is 0 Å². The smallest absolute Gasteiger partial charge is 0.227 e. The first-order valence-electron chi connectivity index (χ1n) is 11.4. The van der Waals surface area contributed by atoms with E-state index in [1.165, 1.54) is 38.5 Å². The quantitative estimate of drug-likeness (QED) is 0.356. The van der Waals surface area contributed by atoms with Crippen molar-refractivity contribution in [1.82, 2.24) is 4.98 Å². The molecule has 0 aromatic carbocycles. The molecule has 0 unspecified atom stereocenters. The molecule has 0 radical (unpaired) electrons. The number of carbonyl (C=O) groups excluding carboxylic acids is 2. The Hall–Kier alpha value is -1.91. The van der Waals surface area contributed by atoms with Gasteiger partial charge in [-0.1, -0.05) is 65.2 Å². The summed E-state index contributed by atoms with van der Waals surface area (Å²) in [4.78, 5) is 32.9. The van der Waals surface area contributed by atoms with E-state index in [-0.39, 0.29) is 11.8 Å². The van der Waals surface area contributed by atoms with E-state index in [4.69, 9.17) is 0 Å². The summed E-state index contributed by atoms with van der Waals surface area (Å²) in [6, 6.07) is 3.81. The van der Waals surface area contributed by atoms with Crippen LogP contribution in [-0.2, 0) is 9.59 Å². The van der Waals surface area contributed by atoms with E-state index in [1.807, 2.05) is 19.1 Å². The van der Waals surface area contributed by atoms with Crippen LogP contribution in [0.5, 0.6) is 0 Å². The molecule has 5 heteroatoms. The molecule has 0 atom stereocenters. The third kappa shape index (κ3) is 9.42. The van der Waals surface area contributed by atoms with Crippen molar-refractivity contribution in [2.24, 2.45) is 0 Å². The van der Waals surface area contributed by atoms with Crippen LogP contribution < -0.4 is 9.80 Å². The second kappa shape index (κ2) is 14.1. The SMILES string of the molecule is CCCCCCCC(=O)N(C)c1cc(C)cc(N(C)C(=O)CCCCCCC)n1. The van der Waals surface area contributed by atoms with Gasteiger partial charge in [0.05, 0.1) is 0 Å². The molecule has 0 N–H and O–H groups in total. The van der Waals surface area contributed by atoms with Crippen molar-refractivity contribution in [1.29, 1.82) is 0 Å². The van der Waals surface area contributed by atoms with Gasteiger partial charge in [0.15, 0.2) is 0 Å². The van der Waals surface area contributed by atoms with E-state index < -0.39 is 0 Å². The maximum atomic E-state index is 12.5. The van der Waals surface area contributed by atoms with Gasteiger partial charge in [-0.2, -0.15) is 0 Å². The molecule has 5 nitrogen and oxygen atoms in total. The highest BCUT2D eigenvalue weighted by Gasteiger charge is 2.17. The highest BCUT2D eigenvalue weighted by molar-refractivity contribution is 5.94. The molecular formula is C24H41N3O2. The normalized spacial score (nSPS) is 10.8. The van der Waals surface area contributed by atoms with Crippen LogP contribution in [-0.4, -0.2) is 30.9 Å². The molecule has 29 heavy (non-hydrogen) atoms. The maximum Gasteiger partial charge on any atom is 0.227 e. The van der Waals surface area contributed by atoms with Gasteiger partial charge in [-0.05, 0) is 37.5 Å². The van der Waals surface area contributed by atoms with Crippen LogP contribution in [0.3, 0.4) is 0 Å². The van der Waals surface area contributed by atoms with Crippen LogP contribution in [0.2, 0.25) is 0 Å². The molecule has 0 spiro atoms. The summed E-state index contributed by atoms with van der Waals surface area (Å²) in [5.74, 6) is 1.38. The van der Waals surface area contributed by atoms with Gasteiger partial charge < -0.3 is 0 Å². The van der Waals surface area contributed by atoms with Gasteiger partial charge in [0, 0.05) is 26.9 Å². The Bertz CT molecular complexity index is 580. The molecule has 0 aliphatic rings. The number of nitrogens with zero attached hydrogens (tertiary/aromatic N) is 3. The van der Waals surface area contributed by atoms with Crippen molar-refractivity contribution in [3.05, 3.63) is 17.7 Å². The van der Waals surface area contributed by atoms with Gasteiger partial charge in [0.25, 0.3) is 0 Å². The van der Waals surface area contributed by atoms with Gasteiger partial charge in [0.2, 0.25) is 11.8 Å². The van der Waals surface area contributed by atoms with Crippen LogP contribution in [0, 0.1) is 6.92 Å². The standard InChI is InChI=1S/C24H41N3O2/c1-6-8-10-12-14-16-23(28)26(4)21-18-20(3)19-22(25-21)27(5)24(29)17-15-13-11-9-7-2/h18-19H,6-17H2,1-5H3. The first-order chi connectivity index (χ1) is 13.9. The second-order valence-electron chi connectivity index (χ2n) is 8.09. The molecule has 1 aromatic heterocycles. The van der Waals surface area contributed by atoms with Crippen LogP contribution in [0.15, 0.2) is 12.1 Å². The largest absolute Gasteiger partial charge is 0.300 e. The summed E-state index contributed by atoms with van der Waals surface area (Å²) < 4.78 is 0. The molecule has 0 fully saturated rings. The van der Waals surface area contributed by atoms with E-state index in [0.717, 1.165) is 31.2 Å². The molecule has 2 amide bonds. The van der Waals surface area contributed by atoms with Crippen molar-refractivity contribution >= 4 is 23.5 Å². The van der Waals surface area contributed by atoms with Crippen molar-refractivity contribution in [2.45, 2.75) is 97.8 Å². The minimum atomic E-state index is 0.0791. The van der Waals surface area contributed by atoms with E-state index in [9.17, 15) is 9.59 Å². The predicted octanol–water partition coefficient (Wildman–Crippen LogP) is 6.04. The molecule has 0 bridgehead atoms. The summed E-state index contributed by atoms with van der Waals surface area (Å²) in [6.45, 7) is 6.35. The molecular weight excluding hydrogens is 362 g/mol. The predicted molar refractivity (Wildman–Crippen MR) is 123 cm³/mol. The third-order valence-corrected chi connectivity index (χ3v) is 5.37. The van der Waals surface area contributed by atoms with Crippen molar-refractivity contribution < 1.29 is 9.59 Å². The summed E-state index contributed by atoms with van der Waals surface area (Å²) in [5, 5.41) is 0. The van der Waals surface area contributed by atoms with Crippen molar-refractivity contribution in [3.8, 4) is 0 Å². The van der Waals surface area contributed by atoms with Crippen molar-refractivity contribution in [3.63, 3.8) is 0 Å². The Kier molecular flexibility index (Phi) is 12.2. The van der Waals surface area contributed by atoms with E-state index in [1.54, 1.807) is 23.9 Å². The summed E-state index contributed by atoms with van der Waals surface area (Å²) in [5.41, 5.74) is 0.996. The molecule has 1 aromatic rings. The molecule has 0 aliphatic heterocycles. The highest BCUT2D eigenvalue weighted by atomic mass is 16.2. The zero-order chi connectivity index (χ0) is 21.6. The molecule has 1 heterocycles. The zero-order valence-corrected chi connectivity index (χ0v) is 19.3. The Morgan fingerprint density at radius 2 is 1.10 bits per heavy atom. The Morgan fingerprint density at radius 3 is 1.48 bits per heavy atom. The number of hydrogen-bond donors (Lipinski definition) is 0. The Labute approximate surface area is 177 Å². The lowest BCUT2D eigenvalue weighted by molar-refractivity contribution is -0.119. The minimum Gasteiger partial charge on any atom is -0.300 e. The summed E-state index contributed by atoms with van der Waals surface area (Å²) >= 11 is 0. The fraction of sp³-hybridized carbons (Fsp3) is 0.708. The van der Waals surface area contributed by atoms with Crippen molar-refractivity contribution in [2.75, 3.05) is 23.9 Å². The number of carbonyl (C=O) groups is 2. The summed E-state index contributed by atoms with van der Waals surface area (Å²) in [7, 11) is 3.55. The number of amides is 2. The van der Waals surface area contributed by atoms with Gasteiger partial charge in [-0.15, -0.1) is 0 Å². The molecule has 0 saturated heterocycles. The number of hydrogen-bond acceptors (Lipinski definition) is 3. The monoisotopic (exact) mass is 403 g/mol. The molecule has 0 aliphatic carbocycles. The number of anilines is 2. The fourth-order valence-corrected chi connectivity index (χ4v) is 3.32. The highest BCUT2D eigenvalue weighted by Crippen LogP contribution is 2.21.